The number of amides is 3. The molecule has 0 aliphatic carbocycles. The molecule has 0 aliphatic rings. The average Bonchev–Trinajstić information content (AvgIpc) is 2.29. The molecule has 19 heavy (non-hydrogen) atoms. The van der Waals surface area contributed by atoms with Crippen LogP contribution in [0.15, 0.2) is 24.3 Å². The molecule has 0 aromatic heterocycles. The molecule has 0 spiro atoms. The number of nitrogens with one attached hydrogen (secondary N) is 1. The molecule has 0 saturated heterocycles. The molecule has 0 aliphatic heterocycles. The van der Waals surface area contributed by atoms with E-state index in [1.807, 2.05) is 0 Å². The molecule has 0 radical (unpaired) electrons. The van der Waals surface area contributed by atoms with Crippen LogP contribution in [0.5, 0.6) is 0 Å². The summed E-state index contributed by atoms with van der Waals surface area (Å²) in [6.45, 7) is -0.0343. The standard InChI is InChI=1S/C11H14FN3O3.ClH/c12-9-4-2-1-3-7(9)5-8(13)6-18-11(17)15-10(14)16;/h1-4,8H,5-6,13H2,(H3,14,15,16,17);1H. The first kappa shape index (κ1) is 17.1. The molecule has 0 bridgehead atoms. The fourth-order valence-electron chi connectivity index (χ4n) is 1.36. The Morgan fingerprint density at radius 1 is 1.42 bits per heavy atom. The number of carbonyl (C=O) groups excluding carboxylic acids is 2. The van der Waals surface area contributed by atoms with Crippen molar-refractivity contribution in [2.45, 2.75) is 12.5 Å². The van der Waals surface area contributed by atoms with E-state index in [1.165, 1.54) is 6.07 Å². The zero-order chi connectivity index (χ0) is 13.5. The van der Waals surface area contributed by atoms with Gasteiger partial charge in [-0.2, -0.15) is 0 Å². The molecule has 0 heterocycles. The van der Waals surface area contributed by atoms with E-state index in [0.29, 0.717) is 12.0 Å². The maximum Gasteiger partial charge on any atom is 0.415 e. The molecule has 1 rings (SSSR count). The van der Waals surface area contributed by atoms with Gasteiger partial charge in [0.25, 0.3) is 0 Å². The summed E-state index contributed by atoms with van der Waals surface area (Å²) in [5, 5.41) is 1.75. The number of nitrogens with two attached hydrogens (primary N) is 1. The molecule has 1 unspecified atom stereocenters. The molecule has 0 saturated carbocycles. The molecule has 106 valence electrons. The highest BCUT2D eigenvalue weighted by Crippen LogP contribution is 2.07. The number of quaternary nitrogens is 1. The highest BCUT2D eigenvalue weighted by Gasteiger charge is 2.14. The highest BCUT2D eigenvalue weighted by atomic mass is 35.5. The highest BCUT2D eigenvalue weighted by molar-refractivity contribution is 5.89. The summed E-state index contributed by atoms with van der Waals surface area (Å²) in [5.41, 5.74) is 8.96. The van der Waals surface area contributed by atoms with Crippen LogP contribution < -0.4 is 29.2 Å². The van der Waals surface area contributed by atoms with Crippen molar-refractivity contribution < 1.29 is 36.9 Å². The largest absolute Gasteiger partial charge is 1.00 e. The summed E-state index contributed by atoms with van der Waals surface area (Å²) in [6, 6.07) is 4.98. The minimum atomic E-state index is -0.991. The van der Waals surface area contributed by atoms with Crippen LogP contribution in [0, 0.1) is 5.82 Å². The van der Waals surface area contributed by atoms with Crippen molar-refractivity contribution in [1.29, 1.82) is 0 Å². The lowest BCUT2D eigenvalue weighted by Gasteiger charge is -2.10. The van der Waals surface area contributed by atoms with Gasteiger partial charge in [-0.1, -0.05) is 18.2 Å². The van der Waals surface area contributed by atoms with Crippen LogP contribution in [0.3, 0.4) is 0 Å². The van der Waals surface area contributed by atoms with Gasteiger partial charge in [0, 0.05) is 6.42 Å². The fourth-order valence-corrected chi connectivity index (χ4v) is 1.36. The van der Waals surface area contributed by atoms with E-state index < -0.39 is 12.1 Å². The number of benzene rings is 1. The van der Waals surface area contributed by atoms with Gasteiger partial charge in [0.2, 0.25) is 0 Å². The zero-order valence-electron chi connectivity index (χ0n) is 10.1. The van der Waals surface area contributed by atoms with Gasteiger partial charge in [0.1, 0.15) is 18.5 Å². The summed E-state index contributed by atoms with van der Waals surface area (Å²) in [4.78, 5) is 21.3. The average molecular weight is 292 g/mol. The lowest BCUT2D eigenvalue weighted by molar-refractivity contribution is -0.424. The van der Waals surface area contributed by atoms with Crippen LogP contribution in [0.4, 0.5) is 14.0 Å². The van der Waals surface area contributed by atoms with Gasteiger partial charge in [-0.15, -0.1) is 0 Å². The molecule has 0 fully saturated rings. The fraction of sp³-hybridized carbons (Fsp3) is 0.273. The van der Waals surface area contributed by atoms with E-state index in [0.717, 1.165) is 0 Å². The SMILES string of the molecule is NC(=O)NC(=O)OCC([NH3+])Cc1ccccc1F.[Cl-]. The molecule has 6 nitrogen and oxygen atoms in total. The van der Waals surface area contributed by atoms with Crippen molar-refractivity contribution in [3.05, 3.63) is 35.6 Å². The van der Waals surface area contributed by atoms with E-state index in [2.05, 4.69) is 5.73 Å². The van der Waals surface area contributed by atoms with Crippen molar-refractivity contribution >= 4 is 12.1 Å². The summed E-state index contributed by atoms with van der Waals surface area (Å²) >= 11 is 0. The number of ether oxygens (including phenoxy) is 1. The maximum atomic E-state index is 13.3. The number of rotatable bonds is 4. The third-order valence-corrected chi connectivity index (χ3v) is 2.14. The van der Waals surface area contributed by atoms with Crippen LogP contribution >= 0.6 is 0 Å². The first-order chi connectivity index (χ1) is 8.49. The third kappa shape index (κ3) is 6.58. The molecular formula is C11H15ClFN3O3. The van der Waals surface area contributed by atoms with E-state index in [9.17, 15) is 14.0 Å². The van der Waals surface area contributed by atoms with E-state index in [1.54, 1.807) is 23.5 Å². The number of halogens is 2. The summed E-state index contributed by atoms with van der Waals surface area (Å²) in [6.07, 6.45) is -0.610. The second kappa shape index (κ2) is 8.28. The Hall–Kier alpha value is -1.86. The number of carbonyl (C=O) groups is 2. The Labute approximate surface area is 115 Å². The number of alkyl carbamates (subject to hydrolysis) is 1. The van der Waals surface area contributed by atoms with Crippen molar-refractivity contribution in [2.24, 2.45) is 5.73 Å². The van der Waals surface area contributed by atoms with Crippen LogP contribution in [-0.4, -0.2) is 24.8 Å². The molecule has 8 heteroatoms. The minimum Gasteiger partial charge on any atom is -1.00 e. The Morgan fingerprint density at radius 2 is 2.05 bits per heavy atom. The van der Waals surface area contributed by atoms with Gasteiger partial charge >= 0.3 is 12.1 Å². The Balaban J connectivity index is 0.00000324. The topological polar surface area (TPSA) is 109 Å². The first-order valence-electron chi connectivity index (χ1n) is 5.28. The summed E-state index contributed by atoms with van der Waals surface area (Å²) < 4.78 is 18.0. The lowest BCUT2D eigenvalue weighted by atomic mass is 10.1. The molecule has 1 aromatic rings. The lowest BCUT2D eigenvalue weighted by Crippen LogP contribution is -3.00. The molecule has 6 N–H and O–H groups in total. The summed E-state index contributed by atoms with van der Waals surface area (Å²) in [5.74, 6) is -0.326. The molecule has 1 atom stereocenters. The Morgan fingerprint density at radius 3 is 2.63 bits per heavy atom. The van der Waals surface area contributed by atoms with Gasteiger partial charge in [0.15, 0.2) is 0 Å². The van der Waals surface area contributed by atoms with E-state index >= 15 is 0 Å². The molecule has 1 aromatic carbocycles. The van der Waals surface area contributed by atoms with Crippen LogP contribution in [0.1, 0.15) is 5.56 Å². The number of imide groups is 1. The van der Waals surface area contributed by atoms with Gasteiger partial charge in [0.05, 0.1) is 0 Å². The Bertz CT molecular complexity index is 445. The van der Waals surface area contributed by atoms with Crippen molar-refractivity contribution in [2.75, 3.05) is 6.61 Å². The first-order valence-corrected chi connectivity index (χ1v) is 5.28. The van der Waals surface area contributed by atoms with Gasteiger partial charge < -0.3 is 28.6 Å². The summed E-state index contributed by atoms with van der Waals surface area (Å²) in [7, 11) is 0. The monoisotopic (exact) mass is 291 g/mol. The molecule has 3 amide bonds. The number of hydrogen-bond donors (Lipinski definition) is 3. The van der Waals surface area contributed by atoms with Gasteiger partial charge in [-0.25, -0.2) is 19.3 Å². The number of urea groups is 1. The van der Waals surface area contributed by atoms with E-state index in [-0.39, 0.29) is 30.9 Å². The molecular weight excluding hydrogens is 277 g/mol. The van der Waals surface area contributed by atoms with E-state index in [4.69, 9.17) is 10.5 Å². The quantitative estimate of drug-likeness (QED) is 0.543. The van der Waals surface area contributed by atoms with Crippen molar-refractivity contribution in [3.63, 3.8) is 0 Å². The third-order valence-electron chi connectivity index (χ3n) is 2.14. The number of hydrogen-bond acceptors (Lipinski definition) is 3. The van der Waals surface area contributed by atoms with Crippen molar-refractivity contribution in [1.82, 2.24) is 5.32 Å². The van der Waals surface area contributed by atoms with Gasteiger partial charge in [-0.3, -0.25) is 0 Å². The second-order valence-electron chi connectivity index (χ2n) is 3.75. The zero-order valence-corrected chi connectivity index (χ0v) is 10.8. The van der Waals surface area contributed by atoms with Crippen LogP contribution in [-0.2, 0) is 11.2 Å². The predicted molar refractivity (Wildman–Crippen MR) is 60.8 cm³/mol. The van der Waals surface area contributed by atoms with Gasteiger partial charge in [-0.05, 0) is 11.6 Å². The second-order valence-corrected chi connectivity index (χ2v) is 3.75. The van der Waals surface area contributed by atoms with Crippen LogP contribution in [0.2, 0.25) is 0 Å². The predicted octanol–water partition coefficient (Wildman–Crippen LogP) is -3.21. The normalized spacial score (nSPS) is 11.1. The maximum absolute atomic E-state index is 13.3. The van der Waals surface area contributed by atoms with Crippen LogP contribution in [0.25, 0.3) is 0 Å². The Kier molecular flexibility index (Phi) is 7.47. The smallest absolute Gasteiger partial charge is 0.415 e. The minimum absolute atomic E-state index is 0. The number of primary amides is 1. The van der Waals surface area contributed by atoms with Crippen molar-refractivity contribution in [3.8, 4) is 0 Å².